The molecule has 0 amide bonds. The van der Waals surface area contributed by atoms with Crippen LogP contribution in [-0.4, -0.2) is 30.4 Å². The number of rotatable bonds is 5. The van der Waals surface area contributed by atoms with Gasteiger partial charge in [0, 0.05) is 17.8 Å². The third-order valence-electron chi connectivity index (χ3n) is 2.66. The number of hydrogen-bond donors (Lipinski definition) is 2. The second-order valence-corrected chi connectivity index (χ2v) is 4.04. The molecule has 0 aliphatic carbocycles. The zero-order valence-electron chi connectivity index (χ0n) is 11.1. The fourth-order valence-corrected chi connectivity index (χ4v) is 1.67. The zero-order chi connectivity index (χ0) is 15.4. The molecule has 0 radical (unpaired) electrons. The molecule has 0 saturated heterocycles. The molecule has 0 saturated carbocycles. The van der Waals surface area contributed by atoms with Gasteiger partial charge in [0.05, 0.1) is 6.61 Å². The standard InChI is InChI=1S/C13H16F3NO3/c1-3-17-10-7-5-9(6-8-10)12(19,13(14,15)16)11(18)20-4-2/h5-8,17,19H,3-4H2,1-2H3/t12-/m0/s1. The maximum atomic E-state index is 13.0. The van der Waals surface area contributed by atoms with Crippen LogP contribution in [-0.2, 0) is 15.1 Å². The Morgan fingerprint density at radius 1 is 1.25 bits per heavy atom. The number of esters is 1. The number of benzene rings is 1. The molecule has 0 spiro atoms. The molecule has 0 heterocycles. The predicted octanol–water partition coefficient (Wildman–Crippen LogP) is 2.43. The van der Waals surface area contributed by atoms with Crippen molar-refractivity contribution >= 4 is 11.7 Å². The van der Waals surface area contributed by atoms with Gasteiger partial charge in [-0.05, 0) is 26.0 Å². The quantitative estimate of drug-likeness (QED) is 0.818. The van der Waals surface area contributed by atoms with Crippen molar-refractivity contribution in [3.05, 3.63) is 29.8 Å². The van der Waals surface area contributed by atoms with Crippen molar-refractivity contribution < 1.29 is 27.8 Å². The third-order valence-corrected chi connectivity index (χ3v) is 2.66. The Balaban J connectivity index is 3.21. The summed E-state index contributed by atoms with van der Waals surface area (Å²) in [6.45, 7) is 3.54. The summed E-state index contributed by atoms with van der Waals surface area (Å²) in [5.74, 6) is -1.73. The Morgan fingerprint density at radius 2 is 1.80 bits per heavy atom. The van der Waals surface area contributed by atoms with E-state index in [2.05, 4.69) is 10.1 Å². The lowest BCUT2D eigenvalue weighted by Gasteiger charge is -2.28. The van der Waals surface area contributed by atoms with Crippen LogP contribution in [0.3, 0.4) is 0 Å². The summed E-state index contributed by atoms with van der Waals surface area (Å²) in [4.78, 5) is 11.5. The summed E-state index contributed by atoms with van der Waals surface area (Å²) in [6, 6.07) is 4.80. The Hall–Kier alpha value is -1.76. The van der Waals surface area contributed by atoms with Gasteiger partial charge in [-0.15, -0.1) is 0 Å². The van der Waals surface area contributed by atoms with E-state index < -0.39 is 23.3 Å². The number of halogens is 3. The van der Waals surface area contributed by atoms with E-state index in [1.54, 1.807) is 0 Å². The van der Waals surface area contributed by atoms with E-state index >= 15 is 0 Å². The molecular formula is C13H16F3NO3. The molecule has 20 heavy (non-hydrogen) atoms. The van der Waals surface area contributed by atoms with Crippen LogP contribution in [0.1, 0.15) is 19.4 Å². The first-order valence-electron chi connectivity index (χ1n) is 6.08. The van der Waals surface area contributed by atoms with Gasteiger partial charge in [0.1, 0.15) is 0 Å². The van der Waals surface area contributed by atoms with Crippen molar-refractivity contribution in [2.45, 2.75) is 25.6 Å². The molecule has 2 N–H and O–H groups in total. The van der Waals surface area contributed by atoms with Crippen LogP contribution < -0.4 is 5.32 Å². The first kappa shape index (κ1) is 16.3. The lowest BCUT2D eigenvalue weighted by atomic mass is 9.93. The SMILES string of the molecule is CCNc1ccc([C@](O)(C(=O)OCC)C(F)(F)F)cc1. The van der Waals surface area contributed by atoms with Gasteiger partial charge in [-0.3, -0.25) is 0 Å². The summed E-state index contributed by atoms with van der Waals surface area (Å²) in [6.07, 6.45) is -5.17. The first-order chi connectivity index (χ1) is 9.27. The molecule has 0 aliphatic rings. The summed E-state index contributed by atoms with van der Waals surface area (Å²) >= 11 is 0. The molecule has 0 unspecified atom stereocenters. The Bertz CT molecular complexity index is 459. The molecule has 0 aliphatic heterocycles. The van der Waals surface area contributed by atoms with Gasteiger partial charge in [-0.2, -0.15) is 13.2 Å². The van der Waals surface area contributed by atoms with Crippen molar-refractivity contribution in [2.24, 2.45) is 0 Å². The molecule has 1 aromatic carbocycles. The molecule has 112 valence electrons. The van der Waals surface area contributed by atoms with Crippen LogP contribution in [0.5, 0.6) is 0 Å². The van der Waals surface area contributed by atoms with Gasteiger partial charge < -0.3 is 15.2 Å². The summed E-state index contributed by atoms with van der Waals surface area (Å²) in [7, 11) is 0. The highest BCUT2D eigenvalue weighted by atomic mass is 19.4. The number of carbonyl (C=O) groups excluding carboxylic acids is 1. The Kier molecular flexibility index (Phi) is 4.99. The summed E-state index contributed by atoms with van der Waals surface area (Å²) in [5.41, 5.74) is -3.65. The minimum Gasteiger partial charge on any atom is -0.463 e. The van der Waals surface area contributed by atoms with Gasteiger partial charge >= 0.3 is 12.1 Å². The molecule has 1 atom stereocenters. The number of hydrogen-bond acceptors (Lipinski definition) is 4. The summed E-state index contributed by atoms with van der Waals surface area (Å²) < 4.78 is 43.5. The smallest absolute Gasteiger partial charge is 0.432 e. The van der Waals surface area contributed by atoms with Crippen LogP contribution in [0.2, 0.25) is 0 Å². The summed E-state index contributed by atoms with van der Waals surface area (Å²) in [5, 5.41) is 12.7. The highest BCUT2D eigenvalue weighted by Crippen LogP contribution is 2.40. The molecule has 1 rings (SSSR count). The second kappa shape index (κ2) is 6.13. The van der Waals surface area contributed by atoms with E-state index in [0.29, 0.717) is 12.2 Å². The van der Waals surface area contributed by atoms with E-state index in [4.69, 9.17) is 0 Å². The van der Waals surface area contributed by atoms with Gasteiger partial charge in [0.2, 0.25) is 0 Å². The fourth-order valence-electron chi connectivity index (χ4n) is 1.67. The van der Waals surface area contributed by atoms with Crippen LogP contribution in [0.25, 0.3) is 0 Å². The normalized spacial score (nSPS) is 14.5. The van der Waals surface area contributed by atoms with Crippen molar-refractivity contribution in [1.82, 2.24) is 0 Å². The molecule has 0 fully saturated rings. The maximum absolute atomic E-state index is 13.0. The van der Waals surface area contributed by atoms with E-state index in [-0.39, 0.29) is 6.61 Å². The van der Waals surface area contributed by atoms with Gasteiger partial charge in [0.15, 0.2) is 0 Å². The van der Waals surface area contributed by atoms with Gasteiger partial charge in [-0.1, -0.05) is 12.1 Å². The molecule has 7 heteroatoms. The third kappa shape index (κ3) is 3.04. The van der Waals surface area contributed by atoms with E-state index in [1.807, 2.05) is 6.92 Å². The van der Waals surface area contributed by atoms with Gasteiger partial charge in [-0.25, -0.2) is 4.79 Å². The predicted molar refractivity (Wildman–Crippen MR) is 67.2 cm³/mol. The van der Waals surface area contributed by atoms with Gasteiger partial charge in [0.25, 0.3) is 5.60 Å². The Labute approximate surface area is 114 Å². The van der Waals surface area contributed by atoms with E-state index in [1.165, 1.54) is 19.1 Å². The molecule has 0 aromatic heterocycles. The monoisotopic (exact) mass is 291 g/mol. The first-order valence-corrected chi connectivity index (χ1v) is 6.08. The molecular weight excluding hydrogens is 275 g/mol. The second-order valence-electron chi connectivity index (χ2n) is 4.04. The van der Waals surface area contributed by atoms with Crippen LogP contribution >= 0.6 is 0 Å². The average Bonchev–Trinajstić information content (AvgIpc) is 2.38. The minimum atomic E-state index is -5.17. The average molecular weight is 291 g/mol. The fraction of sp³-hybridized carbons (Fsp3) is 0.462. The van der Waals surface area contributed by atoms with Crippen molar-refractivity contribution in [1.29, 1.82) is 0 Å². The van der Waals surface area contributed by atoms with Crippen molar-refractivity contribution in [3.63, 3.8) is 0 Å². The molecule has 1 aromatic rings. The highest BCUT2D eigenvalue weighted by molar-refractivity contribution is 5.82. The van der Waals surface area contributed by atoms with Crippen LogP contribution in [0, 0.1) is 0 Å². The number of aliphatic hydroxyl groups is 1. The van der Waals surface area contributed by atoms with Crippen LogP contribution in [0.15, 0.2) is 24.3 Å². The maximum Gasteiger partial charge on any atom is 0.432 e. The number of nitrogens with one attached hydrogen (secondary N) is 1. The van der Waals surface area contributed by atoms with E-state index in [9.17, 15) is 23.1 Å². The van der Waals surface area contributed by atoms with E-state index in [0.717, 1.165) is 12.1 Å². The minimum absolute atomic E-state index is 0.257. The highest BCUT2D eigenvalue weighted by Gasteiger charge is 2.62. The Morgan fingerprint density at radius 3 is 2.20 bits per heavy atom. The molecule has 0 bridgehead atoms. The lowest BCUT2D eigenvalue weighted by Crippen LogP contribution is -2.50. The molecule has 4 nitrogen and oxygen atoms in total. The zero-order valence-corrected chi connectivity index (χ0v) is 11.1. The number of alkyl halides is 3. The topological polar surface area (TPSA) is 58.6 Å². The number of anilines is 1. The van der Waals surface area contributed by atoms with Crippen molar-refractivity contribution in [3.8, 4) is 0 Å². The largest absolute Gasteiger partial charge is 0.463 e. The lowest BCUT2D eigenvalue weighted by molar-refractivity contribution is -0.267. The van der Waals surface area contributed by atoms with Crippen LogP contribution in [0.4, 0.5) is 18.9 Å². The number of ether oxygens (including phenoxy) is 1. The van der Waals surface area contributed by atoms with Crippen molar-refractivity contribution in [2.75, 3.05) is 18.5 Å². The number of carbonyl (C=O) groups is 1.